The second kappa shape index (κ2) is 14.2. The highest BCUT2D eigenvalue weighted by molar-refractivity contribution is 7.33. The molecule has 0 radical (unpaired) electrons. The van der Waals surface area contributed by atoms with Gasteiger partial charge in [0.15, 0.2) is 0 Å². The van der Waals surface area contributed by atoms with Gasteiger partial charge in [-0.1, -0.05) is 51.4 Å². The largest absolute Gasteiger partial charge is 0.237 e. The standard InChI is InChI=1S/C12H23Cl2NOSi/c13-17(14)11-9-7-5-3-1-2-4-6-8-10-15-12-16/h17H,1-11H2. The number of unbranched alkanes of at least 4 members (excludes halogenated alkanes) is 8. The van der Waals surface area contributed by atoms with E-state index >= 15 is 0 Å². The zero-order valence-electron chi connectivity index (χ0n) is 10.5. The first-order chi connectivity index (χ1) is 8.27. The van der Waals surface area contributed by atoms with Gasteiger partial charge in [0.25, 0.3) is 0 Å². The summed E-state index contributed by atoms with van der Waals surface area (Å²) in [5, 5.41) is 0. The Labute approximate surface area is 116 Å². The van der Waals surface area contributed by atoms with Crippen molar-refractivity contribution in [3.8, 4) is 0 Å². The van der Waals surface area contributed by atoms with E-state index in [-0.39, 0.29) is 0 Å². The van der Waals surface area contributed by atoms with E-state index in [9.17, 15) is 4.79 Å². The molecule has 0 spiro atoms. The number of halogens is 2. The fourth-order valence-corrected chi connectivity index (χ4v) is 3.30. The molecule has 0 atom stereocenters. The third kappa shape index (κ3) is 16.2. The van der Waals surface area contributed by atoms with Crippen LogP contribution >= 0.6 is 22.2 Å². The topological polar surface area (TPSA) is 29.4 Å². The number of hydrogen-bond acceptors (Lipinski definition) is 2. The highest BCUT2D eigenvalue weighted by Gasteiger charge is 2.00. The number of rotatable bonds is 12. The van der Waals surface area contributed by atoms with Crippen LogP contribution in [0.2, 0.25) is 6.04 Å². The van der Waals surface area contributed by atoms with Crippen LogP contribution < -0.4 is 0 Å². The highest BCUT2D eigenvalue weighted by Crippen LogP contribution is 2.13. The minimum absolute atomic E-state index is 0.644. The van der Waals surface area contributed by atoms with Crippen LogP contribution in [0, 0.1) is 0 Å². The van der Waals surface area contributed by atoms with Gasteiger partial charge in [-0.3, -0.25) is 0 Å². The zero-order chi connectivity index (χ0) is 12.8. The molecular formula is C12H23Cl2NOSi. The van der Waals surface area contributed by atoms with E-state index in [1.54, 1.807) is 6.08 Å². The van der Waals surface area contributed by atoms with E-state index in [1.807, 2.05) is 0 Å². The van der Waals surface area contributed by atoms with Crippen LogP contribution in [0.1, 0.15) is 57.8 Å². The lowest BCUT2D eigenvalue weighted by Crippen LogP contribution is -1.91. The fraction of sp³-hybridized carbons (Fsp3) is 0.917. The maximum atomic E-state index is 9.80. The molecule has 0 rings (SSSR count). The average Bonchev–Trinajstić information content (AvgIpc) is 2.30. The highest BCUT2D eigenvalue weighted by atomic mass is 35.7. The van der Waals surface area contributed by atoms with Gasteiger partial charge in [-0.15, -0.1) is 0 Å². The Kier molecular flexibility index (Phi) is 14.4. The summed E-state index contributed by atoms with van der Waals surface area (Å²) in [6, 6.07) is 1.06. The van der Waals surface area contributed by atoms with Crippen molar-refractivity contribution in [2.24, 2.45) is 4.99 Å². The molecule has 0 N–H and O–H groups in total. The molecule has 17 heavy (non-hydrogen) atoms. The quantitative estimate of drug-likeness (QED) is 0.171. The Balaban J connectivity index is 2.96. The van der Waals surface area contributed by atoms with E-state index in [2.05, 4.69) is 4.99 Å². The van der Waals surface area contributed by atoms with Crippen molar-refractivity contribution in [3.63, 3.8) is 0 Å². The molecule has 100 valence electrons. The Hall–Kier alpha value is 0.177. The monoisotopic (exact) mass is 295 g/mol. The van der Waals surface area contributed by atoms with Crippen LogP contribution in [0.4, 0.5) is 0 Å². The van der Waals surface area contributed by atoms with Crippen molar-refractivity contribution in [3.05, 3.63) is 0 Å². The van der Waals surface area contributed by atoms with Gasteiger partial charge in [-0.25, -0.2) is 9.79 Å². The van der Waals surface area contributed by atoms with Crippen LogP contribution in [-0.2, 0) is 4.79 Å². The van der Waals surface area contributed by atoms with Crippen molar-refractivity contribution >= 4 is 35.7 Å². The van der Waals surface area contributed by atoms with Crippen LogP contribution in [0.15, 0.2) is 4.99 Å². The molecule has 0 aromatic carbocycles. The number of isocyanates is 1. The Bertz CT molecular complexity index is 209. The SMILES string of the molecule is O=C=NCCCCCCCCCCC[SiH](Cl)Cl. The van der Waals surface area contributed by atoms with Crippen LogP contribution in [0.3, 0.4) is 0 Å². The van der Waals surface area contributed by atoms with Gasteiger partial charge in [-0.2, -0.15) is 22.2 Å². The smallest absolute Gasteiger partial charge is 0.211 e. The van der Waals surface area contributed by atoms with Gasteiger partial charge < -0.3 is 0 Å². The first-order valence-electron chi connectivity index (χ1n) is 6.59. The Morgan fingerprint density at radius 3 is 1.76 bits per heavy atom. The van der Waals surface area contributed by atoms with Gasteiger partial charge in [-0.05, 0) is 12.5 Å². The average molecular weight is 296 g/mol. The van der Waals surface area contributed by atoms with Crippen molar-refractivity contribution in [2.75, 3.05) is 6.54 Å². The molecule has 0 bridgehead atoms. The molecule has 0 aromatic heterocycles. The van der Waals surface area contributed by atoms with Gasteiger partial charge in [0.2, 0.25) is 13.5 Å². The van der Waals surface area contributed by atoms with E-state index in [0.29, 0.717) is 6.54 Å². The lowest BCUT2D eigenvalue weighted by atomic mass is 10.1. The second-order valence-electron chi connectivity index (χ2n) is 4.33. The number of aliphatic imine (C=N–C) groups is 1. The third-order valence-electron chi connectivity index (χ3n) is 2.76. The first kappa shape index (κ1) is 17.2. The summed E-state index contributed by atoms with van der Waals surface area (Å²) in [6.45, 7) is 0.644. The van der Waals surface area contributed by atoms with Gasteiger partial charge >= 0.3 is 0 Å². The molecule has 0 aliphatic rings. The van der Waals surface area contributed by atoms with Crippen molar-refractivity contribution < 1.29 is 4.79 Å². The third-order valence-corrected chi connectivity index (χ3v) is 4.91. The summed E-state index contributed by atoms with van der Waals surface area (Å²) in [4.78, 5) is 13.3. The summed E-state index contributed by atoms with van der Waals surface area (Å²) >= 11 is 11.6. The number of carbonyl (C=O) groups excluding carboxylic acids is 1. The van der Waals surface area contributed by atoms with Crippen LogP contribution in [-0.4, -0.2) is 20.0 Å². The van der Waals surface area contributed by atoms with E-state index < -0.39 is 7.42 Å². The molecule has 0 fully saturated rings. The van der Waals surface area contributed by atoms with Gasteiger partial charge in [0.1, 0.15) is 0 Å². The minimum Gasteiger partial charge on any atom is -0.211 e. The molecule has 5 heteroatoms. The van der Waals surface area contributed by atoms with Gasteiger partial charge in [0.05, 0.1) is 6.54 Å². The summed E-state index contributed by atoms with van der Waals surface area (Å²) in [7, 11) is -1.35. The molecule has 0 heterocycles. The van der Waals surface area contributed by atoms with Crippen LogP contribution in [0.25, 0.3) is 0 Å². The molecule has 2 nitrogen and oxygen atoms in total. The molecule has 0 unspecified atom stereocenters. The van der Waals surface area contributed by atoms with Crippen LogP contribution in [0.5, 0.6) is 0 Å². The maximum absolute atomic E-state index is 9.80. The van der Waals surface area contributed by atoms with Crippen molar-refractivity contribution in [2.45, 2.75) is 63.8 Å². The molecule has 0 saturated carbocycles. The molecule has 0 amide bonds. The molecule has 0 saturated heterocycles. The summed E-state index contributed by atoms with van der Waals surface area (Å²) in [5.74, 6) is 0. The molecule has 0 aliphatic heterocycles. The van der Waals surface area contributed by atoms with E-state index in [0.717, 1.165) is 12.5 Å². The predicted molar refractivity (Wildman–Crippen MR) is 78.2 cm³/mol. The van der Waals surface area contributed by atoms with Crippen molar-refractivity contribution in [1.82, 2.24) is 0 Å². The molecule has 0 aromatic rings. The number of hydrogen-bond donors (Lipinski definition) is 0. The maximum Gasteiger partial charge on any atom is 0.237 e. The minimum atomic E-state index is -1.35. The van der Waals surface area contributed by atoms with Crippen molar-refractivity contribution in [1.29, 1.82) is 0 Å². The van der Waals surface area contributed by atoms with Gasteiger partial charge in [0, 0.05) is 0 Å². The lowest BCUT2D eigenvalue weighted by molar-refractivity contribution is 0.556. The first-order valence-corrected chi connectivity index (χ1v) is 10.9. The molecular weight excluding hydrogens is 273 g/mol. The predicted octanol–water partition coefficient (Wildman–Crippen LogP) is 4.53. The normalized spacial score (nSPS) is 10.5. The Morgan fingerprint density at radius 1 is 0.824 bits per heavy atom. The van der Waals surface area contributed by atoms with E-state index in [4.69, 9.17) is 22.2 Å². The lowest BCUT2D eigenvalue weighted by Gasteiger charge is -2.02. The second-order valence-corrected chi connectivity index (χ2v) is 9.53. The summed E-state index contributed by atoms with van der Waals surface area (Å²) in [6.07, 6.45) is 12.7. The number of nitrogens with zero attached hydrogens (tertiary/aromatic N) is 1. The van der Waals surface area contributed by atoms with E-state index in [1.165, 1.54) is 51.4 Å². The summed E-state index contributed by atoms with van der Waals surface area (Å²) in [5.41, 5.74) is 0. The Morgan fingerprint density at radius 2 is 1.29 bits per heavy atom. The zero-order valence-corrected chi connectivity index (χ0v) is 13.1. The fourth-order valence-electron chi connectivity index (χ4n) is 1.77. The summed E-state index contributed by atoms with van der Waals surface area (Å²) < 4.78 is 0. The molecule has 0 aliphatic carbocycles.